The van der Waals surface area contributed by atoms with Gasteiger partial charge in [0.15, 0.2) is 5.65 Å². The molecule has 0 unspecified atom stereocenters. The number of halogens is 3. The van der Waals surface area contributed by atoms with Crippen molar-refractivity contribution in [2.75, 3.05) is 25.0 Å². The number of anilines is 1. The van der Waals surface area contributed by atoms with Crippen LogP contribution in [-0.2, 0) is 13.0 Å². The minimum absolute atomic E-state index is 0.0537. The molecule has 168 valence electrons. The summed E-state index contributed by atoms with van der Waals surface area (Å²) in [6.45, 7) is 5.66. The summed E-state index contributed by atoms with van der Waals surface area (Å²) in [5.41, 5.74) is 6.32. The van der Waals surface area contributed by atoms with Gasteiger partial charge in [-0.1, -0.05) is 19.1 Å². The summed E-state index contributed by atoms with van der Waals surface area (Å²) in [4.78, 5) is 4.49. The van der Waals surface area contributed by atoms with Crippen LogP contribution in [0.1, 0.15) is 36.5 Å². The van der Waals surface area contributed by atoms with Gasteiger partial charge in [-0.2, -0.15) is 13.2 Å². The van der Waals surface area contributed by atoms with Crippen LogP contribution in [0.4, 0.5) is 18.9 Å². The van der Waals surface area contributed by atoms with Crippen molar-refractivity contribution in [2.24, 2.45) is 0 Å². The lowest BCUT2D eigenvalue weighted by atomic mass is 10.0. The maximum atomic E-state index is 12.6. The van der Waals surface area contributed by atoms with Gasteiger partial charge in [-0.15, -0.1) is 0 Å². The summed E-state index contributed by atoms with van der Waals surface area (Å²) in [5, 5.41) is 15.4. The first kappa shape index (κ1) is 23.1. The third-order valence-electron chi connectivity index (χ3n) is 5.21. The van der Waals surface area contributed by atoms with Gasteiger partial charge in [0.05, 0.1) is 24.0 Å². The summed E-state index contributed by atoms with van der Waals surface area (Å²) < 4.78 is 39.7. The summed E-state index contributed by atoms with van der Waals surface area (Å²) in [5.74, 6) is 0. The maximum Gasteiger partial charge on any atom is 0.390 e. The van der Waals surface area contributed by atoms with E-state index >= 15 is 0 Å². The molecule has 2 heterocycles. The van der Waals surface area contributed by atoms with E-state index in [0.29, 0.717) is 24.2 Å². The number of fused-ring (bicyclic) bond motifs is 1. The number of nitrogens with zero attached hydrogens (tertiary/aromatic N) is 2. The first-order chi connectivity index (χ1) is 14.8. The SMILES string of the molecule is CCNCc1ccc(-c2cnc3c(NCCC(F)(F)F)cc(CCCO)cn23)cc1C. The van der Waals surface area contributed by atoms with Gasteiger partial charge in [0, 0.05) is 31.5 Å². The molecule has 0 aliphatic carbocycles. The van der Waals surface area contributed by atoms with Crippen molar-refractivity contribution in [2.45, 2.75) is 45.8 Å². The molecule has 0 radical (unpaired) electrons. The van der Waals surface area contributed by atoms with E-state index in [9.17, 15) is 18.3 Å². The van der Waals surface area contributed by atoms with Crippen LogP contribution < -0.4 is 10.6 Å². The van der Waals surface area contributed by atoms with Crippen LogP contribution >= 0.6 is 0 Å². The molecule has 0 aliphatic rings. The topological polar surface area (TPSA) is 61.6 Å². The number of aromatic nitrogens is 2. The fraction of sp³-hybridized carbons (Fsp3) is 0.435. The molecule has 0 saturated carbocycles. The molecule has 2 aromatic heterocycles. The number of imidazole rings is 1. The van der Waals surface area contributed by atoms with Gasteiger partial charge in [-0.05, 0) is 55.1 Å². The Morgan fingerprint density at radius 2 is 2.00 bits per heavy atom. The third kappa shape index (κ3) is 5.98. The molecule has 0 amide bonds. The number of rotatable bonds is 10. The van der Waals surface area contributed by atoms with E-state index in [1.165, 1.54) is 5.56 Å². The second-order valence-corrected chi connectivity index (χ2v) is 7.64. The number of aliphatic hydroxyl groups excluding tert-OH is 1. The summed E-state index contributed by atoms with van der Waals surface area (Å²) in [7, 11) is 0. The molecule has 3 N–H and O–H groups in total. The minimum Gasteiger partial charge on any atom is -0.396 e. The lowest BCUT2D eigenvalue weighted by Crippen LogP contribution is -2.15. The molecular weight excluding hydrogens is 405 g/mol. The van der Waals surface area contributed by atoms with Crippen molar-refractivity contribution in [1.29, 1.82) is 0 Å². The first-order valence-corrected chi connectivity index (χ1v) is 10.5. The minimum atomic E-state index is -4.22. The Morgan fingerprint density at radius 3 is 2.68 bits per heavy atom. The van der Waals surface area contributed by atoms with E-state index in [1.807, 2.05) is 22.7 Å². The number of hydrogen-bond donors (Lipinski definition) is 3. The van der Waals surface area contributed by atoms with Gasteiger partial charge in [0.2, 0.25) is 0 Å². The number of aryl methyl sites for hydroxylation is 2. The van der Waals surface area contributed by atoms with E-state index in [0.717, 1.165) is 35.5 Å². The molecule has 0 aliphatic heterocycles. The van der Waals surface area contributed by atoms with Gasteiger partial charge < -0.3 is 15.7 Å². The van der Waals surface area contributed by atoms with Gasteiger partial charge in [-0.25, -0.2) is 4.98 Å². The summed E-state index contributed by atoms with van der Waals surface area (Å²) >= 11 is 0. The molecule has 8 heteroatoms. The van der Waals surface area contributed by atoms with Crippen LogP contribution in [0.5, 0.6) is 0 Å². The molecule has 1 aromatic carbocycles. The number of benzene rings is 1. The first-order valence-electron chi connectivity index (χ1n) is 10.5. The predicted octanol–water partition coefficient (Wildman–Crippen LogP) is 4.71. The van der Waals surface area contributed by atoms with Crippen molar-refractivity contribution in [3.63, 3.8) is 0 Å². The Morgan fingerprint density at radius 1 is 1.19 bits per heavy atom. The Bertz CT molecular complexity index is 1010. The van der Waals surface area contributed by atoms with Crippen LogP contribution in [0.3, 0.4) is 0 Å². The third-order valence-corrected chi connectivity index (χ3v) is 5.21. The zero-order valence-corrected chi connectivity index (χ0v) is 17.9. The average Bonchev–Trinajstić information content (AvgIpc) is 3.14. The Labute approximate surface area is 180 Å². The lowest BCUT2D eigenvalue weighted by Gasteiger charge is -2.13. The lowest BCUT2D eigenvalue weighted by molar-refractivity contribution is -0.131. The van der Waals surface area contributed by atoms with Gasteiger partial charge >= 0.3 is 6.18 Å². The molecule has 0 bridgehead atoms. The number of hydrogen-bond acceptors (Lipinski definition) is 4. The number of aliphatic hydroxyl groups is 1. The molecule has 0 spiro atoms. The van der Waals surface area contributed by atoms with Crippen LogP contribution in [0.2, 0.25) is 0 Å². The molecule has 0 saturated heterocycles. The van der Waals surface area contributed by atoms with E-state index in [2.05, 4.69) is 41.6 Å². The van der Waals surface area contributed by atoms with Gasteiger partial charge in [0.25, 0.3) is 0 Å². The Hall–Kier alpha value is -2.58. The predicted molar refractivity (Wildman–Crippen MR) is 117 cm³/mol. The summed E-state index contributed by atoms with van der Waals surface area (Å²) in [6.07, 6.45) is -0.234. The van der Waals surface area contributed by atoms with Crippen LogP contribution in [0.25, 0.3) is 16.9 Å². The highest BCUT2D eigenvalue weighted by atomic mass is 19.4. The Kier molecular flexibility index (Phi) is 7.56. The molecule has 31 heavy (non-hydrogen) atoms. The highest BCUT2D eigenvalue weighted by Crippen LogP contribution is 2.28. The van der Waals surface area contributed by atoms with E-state index in [-0.39, 0.29) is 13.2 Å². The number of nitrogens with one attached hydrogen (secondary N) is 2. The average molecular weight is 435 g/mol. The van der Waals surface area contributed by atoms with Crippen LogP contribution in [0, 0.1) is 6.92 Å². The standard InChI is InChI=1S/C23H29F3N4O/c1-3-27-13-19-7-6-18(11-16(19)2)21-14-29-22-20(28-9-8-23(24,25)26)12-17(5-4-10-31)15-30(21)22/h6-7,11-12,14-15,27-28,31H,3-5,8-10,13H2,1-2H3. The largest absolute Gasteiger partial charge is 0.396 e. The zero-order chi connectivity index (χ0) is 22.4. The molecule has 0 fully saturated rings. The highest BCUT2D eigenvalue weighted by Gasteiger charge is 2.26. The quantitative estimate of drug-likeness (QED) is 0.433. The molecule has 5 nitrogen and oxygen atoms in total. The second-order valence-electron chi connectivity index (χ2n) is 7.64. The second kappa shape index (κ2) is 10.2. The van der Waals surface area contributed by atoms with Crippen LogP contribution in [-0.4, -0.2) is 40.4 Å². The fourth-order valence-corrected chi connectivity index (χ4v) is 3.56. The zero-order valence-electron chi connectivity index (χ0n) is 17.9. The van der Waals surface area contributed by atoms with Crippen molar-refractivity contribution < 1.29 is 18.3 Å². The van der Waals surface area contributed by atoms with E-state index < -0.39 is 12.6 Å². The van der Waals surface area contributed by atoms with Crippen LogP contribution in [0.15, 0.2) is 36.7 Å². The molecule has 0 atom stereocenters. The fourth-order valence-electron chi connectivity index (χ4n) is 3.56. The van der Waals surface area contributed by atoms with Crippen molar-refractivity contribution in [3.8, 4) is 11.3 Å². The molecule has 3 aromatic rings. The highest BCUT2D eigenvalue weighted by molar-refractivity contribution is 5.74. The maximum absolute atomic E-state index is 12.6. The van der Waals surface area contributed by atoms with E-state index in [1.54, 1.807) is 6.20 Å². The monoisotopic (exact) mass is 434 g/mol. The van der Waals surface area contributed by atoms with Crippen molar-refractivity contribution in [3.05, 3.63) is 53.3 Å². The summed E-state index contributed by atoms with van der Waals surface area (Å²) in [6, 6.07) is 8.06. The van der Waals surface area contributed by atoms with Gasteiger partial charge in [0.1, 0.15) is 0 Å². The van der Waals surface area contributed by atoms with Crippen molar-refractivity contribution >= 4 is 11.3 Å². The smallest absolute Gasteiger partial charge is 0.390 e. The van der Waals surface area contributed by atoms with E-state index in [4.69, 9.17) is 0 Å². The van der Waals surface area contributed by atoms with Crippen molar-refractivity contribution in [1.82, 2.24) is 14.7 Å². The number of pyridine rings is 1. The number of alkyl halides is 3. The normalized spacial score (nSPS) is 11.9. The Balaban J connectivity index is 1.97. The molecular formula is C23H29F3N4O. The van der Waals surface area contributed by atoms with Gasteiger partial charge in [-0.3, -0.25) is 4.40 Å². The molecule has 3 rings (SSSR count).